The van der Waals surface area contributed by atoms with E-state index >= 15 is 0 Å². The molecule has 0 saturated heterocycles. The molecule has 1 rings (SSSR count). The fourth-order valence-corrected chi connectivity index (χ4v) is 1.49. The SMILES string of the molecule is N#Cc1cnsc1CC=S. The highest BCUT2D eigenvalue weighted by Gasteiger charge is 2.01. The summed E-state index contributed by atoms with van der Waals surface area (Å²) in [5.74, 6) is 0. The van der Waals surface area contributed by atoms with Gasteiger partial charge in [-0.1, -0.05) is 12.2 Å². The predicted molar refractivity (Wildman–Crippen MR) is 44.2 cm³/mol. The monoisotopic (exact) mass is 168 g/mol. The molecule has 0 aliphatic carbocycles. The van der Waals surface area contributed by atoms with Crippen molar-refractivity contribution < 1.29 is 0 Å². The third-order valence-electron chi connectivity index (χ3n) is 1.03. The van der Waals surface area contributed by atoms with E-state index in [1.165, 1.54) is 11.5 Å². The van der Waals surface area contributed by atoms with E-state index < -0.39 is 0 Å². The minimum Gasteiger partial charge on any atom is -0.199 e. The van der Waals surface area contributed by atoms with Gasteiger partial charge in [0.05, 0.1) is 11.8 Å². The lowest BCUT2D eigenvalue weighted by Crippen LogP contribution is -1.81. The highest BCUT2D eigenvalue weighted by molar-refractivity contribution is 7.79. The van der Waals surface area contributed by atoms with Crippen LogP contribution in [-0.2, 0) is 6.42 Å². The van der Waals surface area contributed by atoms with Crippen molar-refractivity contribution in [3.63, 3.8) is 0 Å². The number of hydrogen-bond donors (Lipinski definition) is 0. The first-order valence-corrected chi connectivity index (χ1v) is 3.90. The molecule has 1 heterocycles. The number of nitrogens with zero attached hydrogens (tertiary/aromatic N) is 2. The Labute approximate surface area is 68.3 Å². The molecule has 50 valence electrons. The standard InChI is InChI=1S/C6H4N2S2/c7-3-5-4-8-10-6(5)1-2-9/h2,4H,1H2. The normalized spacial score (nSPS) is 8.70. The molecular weight excluding hydrogens is 164 g/mol. The van der Waals surface area contributed by atoms with Crippen LogP contribution in [0.3, 0.4) is 0 Å². The fraction of sp³-hybridized carbons (Fsp3) is 0.167. The summed E-state index contributed by atoms with van der Waals surface area (Å²) in [6.07, 6.45) is 2.24. The van der Waals surface area contributed by atoms with Gasteiger partial charge in [-0.3, -0.25) is 0 Å². The molecule has 4 heteroatoms. The average molecular weight is 168 g/mol. The third kappa shape index (κ3) is 1.38. The zero-order chi connectivity index (χ0) is 7.40. The van der Waals surface area contributed by atoms with Crippen molar-refractivity contribution in [3.05, 3.63) is 16.6 Å². The molecule has 0 amide bonds. The number of hydrogen-bond acceptors (Lipinski definition) is 4. The zero-order valence-corrected chi connectivity index (χ0v) is 6.71. The number of nitriles is 1. The molecule has 0 fully saturated rings. The molecule has 0 radical (unpaired) electrons. The lowest BCUT2D eigenvalue weighted by molar-refractivity contribution is 1.41. The molecule has 0 aliphatic rings. The second kappa shape index (κ2) is 3.40. The maximum atomic E-state index is 8.50. The Morgan fingerprint density at radius 1 is 1.90 bits per heavy atom. The van der Waals surface area contributed by atoms with Crippen LogP contribution < -0.4 is 0 Å². The van der Waals surface area contributed by atoms with Crippen molar-refractivity contribution in [3.8, 4) is 6.07 Å². The van der Waals surface area contributed by atoms with Gasteiger partial charge in [0.15, 0.2) is 0 Å². The van der Waals surface area contributed by atoms with E-state index in [0.717, 1.165) is 4.88 Å². The number of thiocarbonyl (C=S) groups is 1. The first-order chi connectivity index (χ1) is 4.88. The summed E-state index contributed by atoms with van der Waals surface area (Å²) in [5.41, 5.74) is 0.645. The van der Waals surface area contributed by atoms with E-state index in [9.17, 15) is 0 Å². The Kier molecular flexibility index (Phi) is 2.49. The molecule has 0 aromatic carbocycles. The van der Waals surface area contributed by atoms with Crippen LogP contribution >= 0.6 is 23.8 Å². The summed E-state index contributed by atoms with van der Waals surface area (Å²) in [6.45, 7) is 0. The Hall–Kier alpha value is -0.790. The lowest BCUT2D eigenvalue weighted by Gasteiger charge is -1.84. The summed E-state index contributed by atoms with van der Waals surface area (Å²) in [6, 6.07) is 2.04. The van der Waals surface area contributed by atoms with Gasteiger partial charge in [-0.2, -0.15) is 9.64 Å². The van der Waals surface area contributed by atoms with Gasteiger partial charge in [0.1, 0.15) is 6.07 Å². The van der Waals surface area contributed by atoms with Crippen LogP contribution in [0.2, 0.25) is 0 Å². The van der Waals surface area contributed by atoms with Crippen LogP contribution in [0.4, 0.5) is 0 Å². The minimum atomic E-state index is 0.645. The zero-order valence-electron chi connectivity index (χ0n) is 5.07. The first kappa shape index (κ1) is 7.32. The highest BCUT2D eigenvalue weighted by Crippen LogP contribution is 2.11. The van der Waals surface area contributed by atoms with Crippen molar-refractivity contribution in [2.75, 3.05) is 0 Å². The van der Waals surface area contributed by atoms with Gasteiger partial charge in [0, 0.05) is 11.3 Å². The van der Waals surface area contributed by atoms with Crippen LogP contribution in [0.1, 0.15) is 10.4 Å². The van der Waals surface area contributed by atoms with Crippen molar-refractivity contribution in [1.82, 2.24) is 4.37 Å². The maximum Gasteiger partial charge on any atom is 0.102 e. The molecule has 2 nitrogen and oxygen atoms in total. The third-order valence-corrected chi connectivity index (χ3v) is 2.02. The fourth-order valence-electron chi connectivity index (χ4n) is 0.578. The van der Waals surface area contributed by atoms with Gasteiger partial charge in [-0.05, 0) is 16.9 Å². The maximum absolute atomic E-state index is 8.50. The van der Waals surface area contributed by atoms with Crippen molar-refractivity contribution in [1.29, 1.82) is 5.26 Å². The Morgan fingerprint density at radius 3 is 3.30 bits per heavy atom. The molecule has 10 heavy (non-hydrogen) atoms. The van der Waals surface area contributed by atoms with E-state index in [2.05, 4.69) is 16.6 Å². The molecule has 0 aliphatic heterocycles. The first-order valence-electron chi connectivity index (χ1n) is 2.65. The van der Waals surface area contributed by atoms with Crippen molar-refractivity contribution >= 4 is 29.1 Å². The van der Waals surface area contributed by atoms with Crippen molar-refractivity contribution in [2.24, 2.45) is 0 Å². The van der Waals surface area contributed by atoms with Crippen LogP contribution in [0, 0.1) is 11.3 Å². The lowest BCUT2D eigenvalue weighted by atomic mass is 10.2. The minimum absolute atomic E-state index is 0.645. The summed E-state index contributed by atoms with van der Waals surface area (Å²) >= 11 is 5.98. The second-order valence-electron chi connectivity index (χ2n) is 1.65. The summed E-state index contributed by atoms with van der Waals surface area (Å²) in [4.78, 5) is 0.956. The van der Waals surface area contributed by atoms with Gasteiger partial charge < -0.3 is 0 Å². The number of aromatic nitrogens is 1. The van der Waals surface area contributed by atoms with Crippen LogP contribution in [0.5, 0.6) is 0 Å². The number of rotatable bonds is 2. The highest BCUT2D eigenvalue weighted by atomic mass is 32.1. The molecule has 0 unspecified atom stereocenters. The van der Waals surface area contributed by atoms with E-state index in [1.807, 2.05) is 6.07 Å². The van der Waals surface area contributed by atoms with E-state index in [4.69, 9.17) is 5.26 Å². The Balaban J connectivity index is 2.92. The molecule has 0 N–H and O–H groups in total. The summed E-state index contributed by atoms with van der Waals surface area (Å²) in [7, 11) is 0. The smallest absolute Gasteiger partial charge is 0.102 e. The second-order valence-corrected chi connectivity index (χ2v) is 2.86. The quantitative estimate of drug-likeness (QED) is 0.629. The molecule has 0 atom stereocenters. The molecular formula is C6H4N2S2. The molecule has 0 saturated carbocycles. The summed E-state index contributed by atoms with van der Waals surface area (Å²) < 4.78 is 3.86. The molecule has 1 aromatic rings. The van der Waals surface area contributed by atoms with E-state index in [0.29, 0.717) is 12.0 Å². The van der Waals surface area contributed by atoms with Gasteiger partial charge >= 0.3 is 0 Å². The predicted octanol–water partition coefficient (Wildman–Crippen LogP) is 1.56. The largest absolute Gasteiger partial charge is 0.199 e. The molecule has 0 spiro atoms. The molecule has 1 aromatic heterocycles. The topological polar surface area (TPSA) is 36.7 Å². The molecule has 0 bridgehead atoms. The van der Waals surface area contributed by atoms with Crippen LogP contribution in [0.25, 0.3) is 0 Å². The van der Waals surface area contributed by atoms with Crippen LogP contribution in [-0.4, -0.2) is 9.74 Å². The average Bonchev–Trinajstić information content (AvgIpc) is 2.36. The van der Waals surface area contributed by atoms with Gasteiger partial charge in [-0.25, -0.2) is 0 Å². The van der Waals surface area contributed by atoms with E-state index in [-0.39, 0.29) is 0 Å². The van der Waals surface area contributed by atoms with Gasteiger partial charge in [0.25, 0.3) is 0 Å². The van der Waals surface area contributed by atoms with Crippen LogP contribution in [0.15, 0.2) is 6.20 Å². The Bertz CT molecular complexity index is 272. The Morgan fingerprint density at radius 2 is 2.70 bits per heavy atom. The summed E-state index contributed by atoms with van der Waals surface area (Å²) in [5, 5.41) is 10.1. The van der Waals surface area contributed by atoms with E-state index in [1.54, 1.807) is 11.6 Å². The van der Waals surface area contributed by atoms with Gasteiger partial charge in [-0.15, -0.1) is 0 Å². The van der Waals surface area contributed by atoms with Crippen molar-refractivity contribution in [2.45, 2.75) is 6.42 Å². The van der Waals surface area contributed by atoms with Gasteiger partial charge in [0.2, 0.25) is 0 Å².